The maximum absolute atomic E-state index is 5.82. The number of aryl methyl sites for hydroxylation is 1. The Kier molecular flexibility index (Phi) is 4.74. The van der Waals surface area contributed by atoms with E-state index < -0.39 is 0 Å². The van der Waals surface area contributed by atoms with Crippen molar-refractivity contribution in [2.24, 2.45) is 5.73 Å². The zero-order valence-corrected chi connectivity index (χ0v) is 13.3. The fraction of sp³-hybridized carbons (Fsp3) is 0.533. The van der Waals surface area contributed by atoms with Gasteiger partial charge in [-0.1, -0.05) is 37.2 Å². The number of para-hydroxylation sites is 1. The first-order valence-electron chi connectivity index (χ1n) is 6.76. The monoisotopic (exact) mass is 294 g/mol. The quantitative estimate of drug-likeness (QED) is 0.812. The summed E-state index contributed by atoms with van der Waals surface area (Å²) >= 11 is 7.14. The maximum atomic E-state index is 5.82. The molecule has 0 aromatic heterocycles. The zero-order chi connectivity index (χ0) is 13.9. The topological polar surface area (TPSA) is 38.0 Å². The summed E-state index contributed by atoms with van der Waals surface area (Å²) in [5, 5.41) is 3.61. The second-order valence-electron chi connectivity index (χ2n) is 5.31. The van der Waals surface area contributed by atoms with Crippen LogP contribution < -0.4 is 11.1 Å². The molecule has 0 aliphatic heterocycles. The lowest BCUT2D eigenvalue weighted by Gasteiger charge is -2.28. The SMILES string of the molecule is CSC1(CNc2c(C)cccc2C(N)=S)CCCC1. The van der Waals surface area contributed by atoms with E-state index >= 15 is 0 Å². The van der Waals surface area contributed by atoms with Gasteiger partial charge in [-0.05, 0) is 37.7 Å². The van der Waals surface area contributed by atoms with Crippen molar-refractivity contribution in [3.8, 4) is 0 Å². The second kappa shape index (κ2) is 6.14. The van der Waals surface area contributed by atoms with Gasteiger partial charge < -0.3 is 11.1 Å². The summed E-state index contributed by atoms with van der Waals surface area (Å²) in [5.74, 6) is 0. The Balaban J connectivity index is 2.17. The molecule has 0 bridgehead atoms. The molecule has 1 aliphatic rings. The minimum atomic E-state index is 0.385. The first-order chi connectivity index (χ1) is 9.08. The van der Waals surface area contributed by atoms with Crippen molar-refractivity contribution in [1.82, 2.24) is 0 Å². The lowest BCUT2D eigenvalue weighted by Crippen LogP contribution is -2.31. The molecule has 1 aliphatic carbocycles. The normalized spacial score (nSPS) is 17.4. The molecule has 104 valence electrons. The molecule has 0 atom stereocenters. The fourth-order valence-electron chi connectivity index (χ4n) is 2.83. The van der Waals surface area contributed by atoms with E-state index in [0.717, 1.165) is 17.8 Å². The molecular formula is C15H22N2S2. The Bertz CT molecular complexity index is 465. The minimum absolute atomic E-state index is 0.385. The van der Waals surface area contributed by atoms with E-state index in [0.29, 0.717) is 9.74 Å². The fourth-order valence-corrected chi connectivity index (χ4v) is 3.91. The number of nitrogens with two attached hydrogens (primary N) is 1. The van der Waals surface area contributed by atoms with E-state index in [4.69, 9.17) is 18.0 Å². The number of rotatable bonds is 5. The molecule has 1 saturated carbocycles. The van der Waals surface area contributed by atoms with Crippen LogP contribution in [0, 0.1) is 6.92 Å². The summed E-state index contributed by atoms with van der Waals surface area (Å²) < 4.78 is 0.385. The molecular weight excluding hydrogens is 272 g/mol. The molecule has 1 aromatic carbocycles. The smallest absolute Gasteiger partial charge is 0.106 e. The van der Waals surface area contributed by atoms with Crippen LogP contribution in [-0.2, 0) is 0 Å². The number of thioether (sulfide) groups is 1. The predicted octanol–water partition coefficient (Wildman–Crippen LogP) is 3.72. The number of benzene rings is 1. The van der Waals surface area contributed by atoms with Crippen molar-refractivity contribution in [2.45, 2.75) is 37.4 Å². The minimum Gasteiger partial charge on any atom is -0.389 e. The van der Waals surface area contributed by atoms with Crippen molar-refractivity contribution in [3.05, 3.63) is 29.3 Å². The van der Waals surface area contributed by atoms with Gasteiger partial charge in [0.15, 0.2) is 0 Å². The Hall–Kier alpha value is -0.740. The molecule has 0 heterocycles. The standard InChI is InChI=1S/C15H22N2S2/c1-11-6-5-7-12(14(16)18)13(11)17-10-15(19-2)8-3-4-9-15/h5-7,17H,3-4,8-10H2,1-2H3,(H2,16,18). The second-order valence-corrected chi connectivity index (χ2v) is 7.02. The van der Waals surface area contributed by atoms with Crippen LogP contribution in [0.1, 0.15) is 36.8 Å². The van der Waals surface area contributed by atoms with Gasteiger partial charge in [0.2, 0.25) is 0 Å². The van der Waals surface area contributed by atoms with Crippen LogP contribution in [0.15, 0.2) is 18.2 Å². The van der Waals surface area contributed by atoms with E-state index in [1.54, 1.807) is 0 Å². The molecule has 0 unspecified atom stereocenters. The number of hydrogen-bond acceptors (Lipinski definition) is 3. The van der Waals surface area contributed by atoms with Crippen LogP contribution in [0.25, 0.3) is 0 Å². The van der Waals surface area contributed by atoms with E-state index in [1.807, 2.05) is 23.9 Å². The van der Waals surface area contributed by atoms with E-state index in [9.17, 15) is 0 Å². The average molecular weight is 294 g/mol. The number of anilines is 1. The van der Waals surface area contributed by atoms with Crippen LogP contribution in [0.4, 0.5) is 5.69 Å². The van der Waals surface area contributed by atoms with Gasteiger partial charge in [-0.25, -0.2) is 0 Å². The molecule has 0 saturated heterocycles. The molecule has 19 heavy (non-hydrogen) atoms. The molecule has 1 aromatic rings. The Morgan fingerprint density at radius 1 is 1.42 bits per heavy atom. The summed E-state index contributed by atoms with van der Waals surface area (Å²) in [5.41, 5.74) is 9.10. The molecule has 0 spiro atoms. The molecule has 1 fully saturated rings. The largest absolute Gasteiger partial charge is 0.389 e. The summed E-state index contributed by atoms with van der Waals surface area (Å²) in [4.78, 5) is 0.468. The average Bonchev–Trinajstić information content (AvgIpc) is 2.86. The summed E-state index contributed by atoms with van der Waals surface area (Å²) in [7, 11) is 0. The van der Waals surface area contributed by atoms with Crippen molar-refractivity contribution in [1.29, 1.82) is 0 Å². The number of hydrogen-bond donors (Lipinski definition) is 2. The van der Waals surface area contributed by atoms with Crippen LogP contribution in [0.5, 0.6) is 0 Å². The molecule has 0 radical (unpaired) electrons. The van der Waals surface area contributed by atoms with Crippen molar-refractivity contribution in [3.63, 3.8) is 0 Å². The molecule has 4 heteroatoms. The van der Waals surface area contributed by atoms with Gasteiger partial charge in [0, 0.05) is 22.5 Å². The van der Waals surface area contributed by atoms with Gasteiger partial charge >= 0.3 is 0 Å². The maximum Gasteiger partial charge on any atom is 0.106 e. The third-order valence-electron chi connectivity index (χ3n) is 4.07. The molecule has 2 nitrogen and oxygen atoms in total. The van der Waals surface area contributed by atoms with E-state index in [-0.39, 0.29) is 0 Å². The van der Waals surface area contributed by atoms with Gasteiger partial charge in [0.05, 0.1) is 0 Å². The van der Waals surface area contributed by atoms with Gasteiger partial charge in [0.1, 0.15) is 4.99 Å². The molecule has 2 rings (SSSR count). The van der Waals surface area contributed by atoms with Gasteiger partial charge in [-0.15, -0.1) is 0 Å². The Labute approximate surface area is 125 Å². The number of nitrogens with one attached hydrogen (secondary N) is 1. The summed E-state index contributed by atoms with van der Waals surface area (Å²) in [6.45, 7) is 3.10. The highest BCUT2D eigenvalue weighted by molar-refractivity contribution is 8.00. The third kappa shape index (κ3) is 3.23. The van der Waals surface area contributed by atoms with E-state index in [2.05, 4.69) is 24.6 Å². The summed E-state index contributed by atoms with van der Waals surface area (Å²) in [6, 6.07) is 6.11. The van der Waals surface area contributed by atoms with Gasteiger partial charge in [-0.2, -0.15) is 11.8 Å². The molecule has 0 amide bonds. The predicted molar refractivity (Wildman–Crippen MR) is 90.3 cm³/mol. The van der Waals surface area contributed by atoms with Crippen LogP contribution in [-0.4, -0.2) is 22.5 Å². The Morgan fingerprint density at radius 3 is 2.68 bits per heavy atom. The van der Waals surface area contributed by atoms with E-state index in [1.165, 1.54) is 31.2 Å². The lowest BCUT2D eigenvalue weighted by molar-refractivity contribution is 0.639. The lowest BCUT2D eigenvalue weighted by atomic mass is 10.0. The van der Waals surface area contributed by atoms with Gasteiger partial charge in [0.25, 0.3) is 0 Å². The van der Waals surface area contributed by atoms with Crippen LogP contribution >= 0.6 is 24.0 Å². The van der Waals surface area contributed by atoms with Crippen LogP contribution in [0.2, 0.25) is 0 Å². The van der Waals surface area contributed by atoms with Crippen molar-refractivity contribution >= 4 is 34.7 Å². The highest BCUT2D eigenvalue weighted by Crippen LogP contribution is 2.40. The highest BCUT2D eigenvalue weighted by Gasteiger charge is 2.32. The first kappa shape index (κ1) is 14.7. The van der Waals surface area contributed by atoms with Gasteiger partial charge in [-0.3, -0.25) is 0 Å². The first-order valence-corrected chi connectivity index (χ1v) is 8.40. The van der Waals surface area contributed by atoms with Crippen molar-refractivity contribution in [2.75, 3.05) is 18.1 Å². The highest BCUT2D eigenvalue weighted by atomic mass is 32.2. The Morgan fingerprint density at radius 2 is 2.11 bits per heavy atom. The van der Waals surface area contributed by atoms with Crippen molar-refractivity contribution < 1.29 is 0 Å². The summed E-state index contributed by atoms with van der Waals surface area (Å²) in [6.07, 6.45) is 7.52. The van der Waals surface area contributed by atoms with Crippen LogP contribution in [0.3, 0.4) is 0 Å². The number of thiocarbonyl (C=S) groups is 1. The third-order valence-corrected chi connectivity index (χ3v) is 5.71. The zero-order valence-electron chi connectivity index (χ0n) is 11.7. The molecule has 3 N–H and O–H groups in total.